The van der Waals surface area contributed by atoms with Crippen molar-refractivity contribution in [3.05, 3.63) is 0 Å². The van der Waals surface area contributed by atoms with Crippen LogP contribution >= 0.6 is 15.8 Å². The lowest BCUT2D eigenvalue weighted by Crippen LogP contribution is -2.03. The first-order chi connectivity index (χ1) is 1.91. The first-order valence-corrected chi connectivity index (χ1v) is 2.24. The van der Waals surface area contributed by atoms with Crippen molar-refractivity contribution in [3.63, 3.8) is 0 Å². The lowest BCUT2D eigenvalue weighted by atomic mass is 10.5. The second kappa shape index (κ2) is 3.50. The van der Waals surface area contributed by atoms with Gasteiger partial charge in [-0.25, -0.2) is 0 Å². The van der Waals surface area contributed by atoms with Crippen molar-refractivity contribution in [2.45, 2.75) is 0 Å². The standard InChI is InChI=1S/CH5BBrN/c1-4-2-3/h2,4H,1H3. The molecule has 0 saturated heterocycles. The number of rotatable bonds is 1. The summed E-state index contributed by atoms with van der Waals surface area (Å²) in [5, 5.41) is 2.85. The second-order valence-electron chi connectivity index (χ2n) is 0.487. The molecule has 0 amide bonds. The van der Waals surface area contributed by atoms with E-state index >= 15 is 0 Å². The van der Waals surface area contributed by atoms with E-state index in [-0.39, 0.29) is 0 Å². The van der Waals surface area contributed by atoms with E-state index in [0.717, 1.165) is 6.24 Å². The van der Waals surface area contributed by atoms with E-state index in [1.165, 1.54) is 0 Å². The Balaban J connectivity index is 1.97. The van der Waals surface area contributed by atoms with Gasteiger partial charge in [0.05, 0.1) is 0 Å². The van der Waals surface area contributed by atoms with Gasteiger partial charge in [0.2, 0.25) is 0 Å². The summed E-state index contributed by atoms with van der Waals surface area (Å²) < 4.78 is 0. The quantitative estimate of drug-likeness (QED) is 0.477. The monoisotopic (exact) mass is 121 g/mol. The van der Waals surface area contributed by atoms with Crippen molar-refractivity contribution >= 4 is 22.0 Å². The van der Waals surface area contributed by atoms with Crippen LogP contribution in [0.4, 0.5) is 0 Å². The predicted molar refractivity (Wildman–Crippen MR) is 25.1 cm³/mol. The SMILES string of the molecule is CNBBr. The number of halogens is 1. The van der Waals surface area contributed by atoms with E-state index in [1.54, 1.807) is 0 Å². The highest BCUT2D eigenvalue weighted by Gasteiger charge is 1.60. The highest BCUT2D eigenvalue weighted by atomic mass is 79.9. The average molecular weight is 122 g/mol. The summed E-state index contributed by atoms with van der Waals surface area (Å²) in [5.41, 5.74) is 0. The molecule has 0 unspecified atom stereocenters. The Labute approximate surface area is 35.0 Å². The van der Waals surface area contributed by atoms with Crippen molar-refractivity contribution in [1.29, 1.82) is 0 Å². The molecule has 0 aliphatic rings. The third-order valence-corrected chi connectivity index (χ3v) is 0.694. The maximum Gasteiger partial charge on any atom is 0.282 e. The van der Waals surface area contributed by atoms with Gasteiger partial charge in [-0.1, -0.05) is 0 Å². The summed E-state index contributed by atoms with van der Waals surface area (Å²) in [5.74, 6) is 0. The molecule has 0 rings (SSSR count). The maximum atomic E-state index is 3.14. The molecule has 0 saturated carbocycles. The summed E-state index contributed by atoms with van der Waals surface area (Å²) >= 11 is 3.14. The van der Waals surface area contributed by atoms with E-state index < -0.39 is 0 Å². The fourth-order valence-corrected chi connectivity index (χ4v) is 0. The zero-order valence-electron chi connectivity index (χ0n) is 2.59. The van der Waals surface area contributed by atoms with Gasteiger partial charge >= 0.3 is 0 Å². The molecule has 0 aromatic rings. The van der Waals surface area contributed by atoms with Gasteiger partial charge in [0, 0.05) is 0 Å². The summed E-state index contributed by atoms with van der Waals surface area (Å²) in [4.78, 5) is 0. The molecule has 0 bridgehead atoms. The van der Waals surface area contributed by atoms with Crippen molar-refractivity contribution in [2.24, 2.45) is 0 Å². The number of hydrogen-bond donors (Lipinski definition) is 1. The van der Waals surface area contributed by atoms with Gasteiger partial charge in [-0.2, -0.15) is 0 Å². The Morgan fingerprint density at radius 1 is 2.00 bits per heavy atom. The molecule has 1 nitrogen and oxygen atoms in total. The van der Waals surface area contributed by atoms with Crippen LogP contribution in [0.25, 0.3) is 0 Å². The van der Waals surface area contributed by atoms with Crippen LogP contribution in [0.3, 0.4) is 0 Å². The Bertz CT molecular complexity index is 10.0. The average Bonchev–Trinajstić information content (AvgIpc) is 1.37. The summed E-state index contributed by atoms with van der Waals surface area (Å²) in [6.07, 6.45) is 0.882. The van der Waals surface area contributed by atoms with Crippen LogP contribution in [-0.4, -0.2) is 13.3 Å². The van der Waals surface area contributed by atoms with Gasteiger partial charge < -0.3 is 5.23 Å². The zero-order chi connectivity index (χ0) is 3.41. The molecule has 0 radical (unpaired) electrons. The fraction of sp³-hybridized carbons (Fsp3) is 1.00. The van der Waals surface area contributed by atoms with Gasteiger partial charge in [0.1, 0.15) is 0 Å². The van der Waals surface area contributed by atoms with E-state index in [0.29, 0.717) is 0 Å². The summed E-state index contributed by atoms with van der Waals surface area (Å²) in [6, 6.07) is 0. The van der Waals surface area contributed by atoms with Crippen LogP contribution in [-0.2, 0) is 0 Å². The molecule has 0 aromatic carbocycles. The van der Waals surface area contributed by atoms with Crippen LogP contribution < -0.4 is 5.23 Å². The van der Waals surface area contributed by atoms with Crippen molar-refractivity contribution in [3.8, 4) is 0 Å². The molecular formula is CH5BBrN. The molecule has 0 atom stereocenters. The third-order valence-electron chi connectivity index (χ3n) is 0.134. The zero-order valence-corrected chi connectivity index (χ0v) is 4.17. The van der Waals surface area contributed by atoms with E-state index in [4.69, 9.17) is 0 Å². The highest BCUT2D eigenvalue weighted by Crippen LogP contribution is 1.57. The van der Waals surface area contributed by atoms with Gasteiger partial charge in [-0.3, -0.25) is 0 Å². The molecule has 0 aliphatic heterocycles. The Morgan fingerprint density at radius 2 is 2.25 bits per heavy atom. The van der Waals surface area contributed by atoms with Crippen LogP contribution in [0.2, 0.25) is 0 Å². The van der Waals surface area contributed by atoms with Crippen molar-refractivity contribution in [2.75, 3.05) is 7.05 Å². The minimum Gasteiger partial charge on any atom is -0.352 e. The first-order valence-electron chi connectivity index (χ1n) is 1.12. The number of nitrogens with one attached hydrogen (secondary N) is 1. The van der Waals surface area contributed by atoms with Gasteiger partial charge in [-0.15, -0.1) is 15.8 Å². The Morgan fingerprint density at radius 3 is 2.25 bits per heavy atom. The number of hydrogen-bond acceptors (Lipinski definition) is 1. The Hall–Kier alpha value is 0.505. The van der Waals surface area contributed by atoms with Gasteiger partial charge in [-0.05, 0) is 7.05 Å². The van der Waals surface area contributed by atoms with Crippen LogP contribution in [0.15, 0.2) is 0 Å². The lowest BCUT2D eigenvalue weighted by Gasteiger charge is -1.70. The van der Waals surface area contributed by atoms with Gasteiger partial charge in [0.25, 0.3) is 6.24 Å². The van der Waals surface area contributed by atoms with E-state index in [2.05, 4.69) is 21.0 Å². The molecule has 0 spiro atoms. The summed E-state index contributed by atoms with van der Waals surface area (Å²) in [7, 11) is 1.88. The molecule has 0 fully saturated rings. The molecule has 1 N–H and O–H groups in total. The van der Waals surface area contributed by atoms with Crippen LogP contribution in [0.5, 0.6) is 0 Å². The summed E-state index contributed by atoms with van der Waals surface area (Å²) in [6.45, 7) is 0. The smallest absolute Gasteiger partial charge is 0.282 e. The van der Waals surface area contributed by atoms with Crippen molar-refractivity contribution < 1.29 is 0 Å². The molecule has 3 heteroatoms. The molecule has 0 aromatic heterocycles. The van der Waals surface area contributed by atoms with Crippen molar-refractivity contribution in [1.82, 2.24) is 5.23 Å². The molecule has 4 heavy (non-hydrogen) atoms. The normalized spacial score (nSPS) is 6.50. The molecular weight excluding hydrogens is 117 g/mol. The maximum absolute atomic E-state index is 3.14. The fourth-order valence-electron chi connectivity index (χ4n) is 0. The lowest BCUT2D eigenvalue weighted by molar-refractivity contribution is 1.27. The van der Waals surface area contributed by atoms with Crippen LogP contribution in [0.1, 0.15) is 0 Å². The van der Waals surface area contributed by atoms with Gasteiger partial charge in [0.15, 0.2) is 0 Å². The largest absolute Gasteiger partial charge is 0.352 e. The Kier molecular flexibility index (Phi) is 3.95. The molecule has 0 aliphatic carbocycles. The predicted octanol–water partition coefficient (Wildman–Crippen LogP) is -0.133. The minimum absolute atomic E-state index is 0.882. The third kappa shape index (κ3) is 2.50. The van der Waals surface area contributed by atoms with E-state index in [1.807, 2.05) is 7.05 Å². The second-order valence-corrected chi connectivity index (χ2v) is 1.05. The van der Waals surface area contributed by atoms with Crippen LogP contribution in [0, 0.1) is 0 Å². The minimum atomic E-state index is 0.882. The molecule has 0 heterocycles. The first kappa shape index (κ1) is 4.50. The molecule has 24 valence electrons. The highest BCUT2D eigenvalue weighted by molar-refractivity contribution is 9.23. The van der Waals surface area contributed by atoms with E-state index in [9.17, 15) is 0 Å². The topological polar surface area (TPSA) is 12.0 Å².